The van der Waals surface area contributed by atoms with Crippen molar-refractivity contribution >= 4 is 11.6 Å². The fourth-order valence-electron chi connectivity index (χ4n) is 2.73. The van der Waals surface area contributed by atoms with Gasteiger partial charge < -0.3 is 15.5 Å². The molecule has 1 aliphatic rings. The van der Waals surface area contributed by atoms with E-state index < -0.39 is 30.0 Å². The van der Waals surface area contributed by atoms with Gasteiger partial charge in [-0.25, -0.2) is 14.4 Å². The lowest BCUT2D eigenvalue weighted by Crippen LogP contribution is -2.32. The minimum absolute atomic E-state index is 0.161. The molecule has 122 valence electrons. The molecule has 2 heterocycles. The normalized spacial score (nSPS) is 27.1. The summed E-state index contributed by atoms with van der Waals surface area (Å²) in [6.07, 6.45) is 1.51. The number of carbonyl (C=O) groups is 1. The number of aliphatic hydroxyl groups is 2. The number of carbonyl (C=O) groups excluding carboxylic acids is 1. The molecule has 0 unspecified atom stereocenters. The van der Waals surface area contributed by atoms with Crippen LogP contribution in [0, 0.1) is 5.92 Å². The topological polar surface area (TPSA) is 124 Å². The predicted molar refractivity (Wildman–Crippen MR) is 77.6 cm³/mol. The summed E-state index contributed by atoms with van der Waals surface area (Å²) in [6, 6.07) is 0.765. The van der Waals surface area contributed by atoms with Gasteiger partial charge in [-0.15, -0.1) is 0 Å². The van der Waals surface area contributed by atoms with Crippen molar-refractivity contribution in [3.05, 3.63) is 36.0 Å². The molecule has 0 aliphatic heterocycles. The maximum atomic E-state index is 14.1. The van der Waals surface area contributed by atoms with E-state index in [1.807, 2.05) is 0 Å². The number of aromatic nitrogens is 4. The van der Waals surface area contributed by atoms with E-state index in [4.69, 9.17) is 5.11 Å². The van der Waals surface area contributed by atoms with Crippen LogP contribution in [0.15, 0.2) is 24.8 Å². The summed E-state index contributed by atoms with van der Waals surface area (Å²) in [4.78, 5) is 20.2. The molecule has 1 fully saturated rings. The van der Waals surface area contributed by atoms with Gasteiger partial charge in [0.15, 0.2) is 0 Å². The van der Waals surface area contributed by atoms with Gasteiger partial charge in [0.05, 0.1) is 17.7 Å². The SMILES string of the molecule is O=C(c1cc[nH]n1)c1cncnc1N[C@@H]1C[C@H](CO)[C@@H](O)[C@@H]1F. The number of aliphatic hydroxyl groups excluding tert-OH is 2. The fraction of sp³-hybridized carbons (Fsp3) is 0.429. The first-order chi connectivity index (χ1) is 11.1. The quantitative estimate of drug-likeness (QED) is 0.568. The van der Waals surface area contributed by atoms with E-state index in [1.54, 1.807) is 0 Å². The summed E-state index contributed by atoms with van der Waals surface area (Å²) in [7, 11) is 0. The maximum absolute atomic E-state index is 14.1. The Hall–Kier alpha value is -2.39. The maximum Gasteiger partial charge on any atom is 0.218 e. The van der Waals surface area contributed by atoms with Crippen molar-refractivity contribution in [3.8, 4) is 0 Å². The molecule has 23 heavy (non-hydrogen) atoms. The summed E-state index contributed by atoms with van der Waals surface area (Å²) in [6.45, 7) is -0.303. The molecule has 0 saturated heterocycles. The Kier molecular flexibility index (Phi) is 4.30. The highest BCUT2D eigenvalue weighted by Gasteiger charge is 2.43. The molecule has 0 aromatic carbocycles. The fourth-order valence-corrected chi connectivity index (χ4v) is 2.73. The second kappa shape index (κ2) is 6.39. The highest BCUT2D eigenvalue weighted by molar-refractivity contribution is 6.10. The number of anilines is 1. The second-order valence-corrected chi connectivity index (χ2v) is 5.44. The van der Waals surface area contributed by atoms with Crippen LogP contribution in [-0.4, -0.2) is 61.1 Å². The molecule has 2 aromatic heterocycles. The van der Waals surface area contributed by atoms with Crippen LogP contribution in [0.4, 0.5) is 10.2 Å². The molecule has 4 atom stereocenters. The van der Waals surface area contributed by atoms with Crippen molar-refractivity contribution in [1.82, 2.24) is 20.2 Å². The lowest BCUT2D eigenvalue weighted by Gasteiger charge is -2.17. The van der Waals surface area contributed by atoms with Crippen molar-refractivity contribution in [2.24, 2.45) is 5.92 Å². The summed E-state index contributed by atoms with van der Waals surface area (Å²) < 4.78 is 14.1. The highest BCUT2D eigenvalue weighted by Crippen LogP contribution is 2.31. The molecular formula is C14H16FN5O3. The van der Waals surface area contributed by atoms with Crippen LogP contribution in [0.3, 0.4) is 0 Å². The Morgan fingerprint density at radius 2 is 2.35 bits per heavy atom. The van der Waals surface area contributed by atoms with E-state index >= 15 is 0 Å². The third-order valence-corrected chi connectivity index (χ3v) is 4.00. The number of rotatable bonds is 5. The number of halogens is 1. The van der Waals surface area contributed by atoms with Crippen LogP contribution in [-0.2, 0) is 0 Å². The van der Waals surface area contributed by atoms with E-state index in [1.165, 1.54) is 24.8 Å². The van der Waals surface area contributed by atoms with Crippen molar-refractivity contribution in [2.75, 3.05) is 11.9 Å². The Morgan fingerprint density at radius 3 is 3.00 bits per heavy atom. The number of alkyl halides is 1. The third kappa shape index (κ3) is 2.92. The zero-order valence-electron chi connectivity index (χ0n) is 12.1. The molecule has 0 bridgehead atoms. The number of hydrogen-bond acceptors (Lipinski definition) is 7. The number of H-pyrrole nitrogens is 1. The third-order valence-electron chi connectivity index (χ3n) is 4.00. The van der Waals surface area contributed by atoms with Gasteiger partial charge in [-0.2, -0.15) is 5.10 Å². The molecule has 3 rings (SSSR count). The van der Waals surface area contributed by atoms with Crippen LogP contribution < -0.4 is 5.32 Å². The van der Waals surface area contributed by atoms with E-state index in [-0.39, 0.29) is 30.1 Å². The van der Waals surface area contributed by atoms with Gasteiger partial charge >= 0.3 is 0 Å². The van der Waals surface area contributed by atoms with E-state index in [0.29, 0.717) is 0 Å². The standard InChI is InChI=1S/C14H16FN5O3/c15-11-10(3-7(5-21)12(11)22)19-14-8(4-16-6-17-14)13(23)9-1-2-18-20-9/h1-2,4,6-7,10-12,21-22H,3,5H2,(H,18,20)(H,16,17,19)/t7-,10-,11-,12-/m1/s1. The van der Waals surface area contributed by atoms with Gasteiger partial charge in [-0.1, -0.05) is 0 Å². The van der Waals surface area contributed by atoms with Crippen molar-refractivity contribution < 1.29 is 19.4 Å². The Balaban J connectivity index is 1.83. The van der Waals surface area contributed by atoms with Crippen LogP contribution >= 0.6 is 0 Å². The molecular weight excluding hydrogens is 305 g/mol. The number of aromatic amines is 1. The minimum Gasteiger partial charge on any atom is -0.396 e. The number of hydrogen-bond donors (Lipinski definition) is 4. The molecule has 4 N–H and O–H groups in total. The van der Waals surface area contributed by atoms with Gasteiger partial charge in [0, 0.05) is 24.9 Å². The van der Waals surface area contributed by atoms with Crippen molar-refractivity contribution in [3.63, 3.8) is 0 Å². The van der Waals surface area contributed by atoms with E-state index in [9.17, 15) is 14.3 Å². The zero-order valence-corrected chi connectivity index (χ0v) is 12.1. The highest BCUT2D eigenvalue weighted by atomic mass is 19.1. The van der Waals surface area contributed by atoms with Crippen LogP contribution in [0.5, 0.6) is 0 Å². The summed E-state index contributed by atoms with van der Waals surface area (Å²) in [5.41, 5.74) is 0.355. The van der Waals surface area contributed by atoms with Crippen molar-refractivity contribution in [2.45, 2.75) is 24.7 Å². The molecule has 8 nitrogen and oxygen atoms in total. The molecule has 0 radical (unpaired) electrons. The van der Waals surface area contributed by atoms with Crippen molar-refractivity contribution in [1.29, 1.82) is 0 Å². The van der Waals surface area contributed by atoms with Gasteiger partial charge in [0.2, 0.25) is 5.78 Å². The molecule has 0 amide bonds. The summed E-state index contributed by atoms with van der Waals surface area (Å²) in [5.74, 6) is -0.775. The van der Waals surface area contributed by atoms with Crippen LogP contribution in [0.25, 0.3) is 0 Å². The van der Waals surface area contributed by atoms with E-state index in [2.05, 4.69) is 25.5 Å². The Morgan fingerprint density at radius 1 is 1.52 bits per heavy atom. The molecule has 2 aromatic rings. The Bertz CT molecular complexity index is 681. The number of ketones is 1. The lowest BCUT2D eigenvalue weighted by molar-refractivity contribution is 0.0444. The first kappa shape index (κ1) is 15.5. The summed E-state index contributed by atoms with van der Waals surface area (Å²) in [5, 5.41) is 28.1. The second-order valence-electron chi connectivity index (χ2n) is 5.44. The largest absolute Gasteiger partial charge is 0.396 e. The summed E-state index contributed by atoms with van der Waals surface area (Å²) >= 11 is 0. The average molecular weight is 321 g/mol. The van der Waals surface area contributed by atoms with Gasteiger partial charge in [0.25, 0.3) is 0 Å². The zero-order chi connectivity index (χ0) is 16.4. The lowest BCUT2D eigenvalue weighted by atomic mass is 10.1. The predicted octanol–water partition coefficient (Wildman–Crippen LogP) is -0.0776. The molecule has 1 aliphatic carbocycles. The first-order valence-electron chi connectivity index (χ1n) is 7.15. The first-order valence-corrected chi connectivity index (χ1v) is 7.15. The minimum atomic E-state index is -1.56. The number of nitrogens with zero attached hydrogens (tertiary/aromatic N) is 3. The Labute approximate surface area is 130 Å². The monoisotopic (exact) mass is 321 g/mol. The molecule has 0 spiro atoms. The average Bonchev–Trinajstić information content (AvgIpc) is 3.19. The van der Waals surface area contributed by atoms with Gasteiger partial charge in [-0.05, 0) is 12.5 Å². The van der Waals surface area contributed by atoms with Crippen LogP contribution in [0.1, 0.15) is 22.5 Å². The van der Waals surface area contributed by atoms with E-state index in [0.717, 1.165) is 0 Å². The van der Waals surface area contributed by atoms with Gasteiger partial charge in [0.1, 0.15) is 24.0 Å². The molecule has 9 heteroatoms. The van der Waals surface area contributed by atoms with Crippen LogP contribution in [0.2, 0.25) is 0 Å². The smallest absolute Gasteiger partial charge is 0.218 e. The van der Waals surface area contributed by atoms with Gasteiger partial charge in [-0.3, -0.25) is 9.89 Å². The molecule has 1 saturated carbocycles. The number of nitrogens with one attached hydrogen (secondary N) is 2.